The molecule has 5 rings (SSSR count). The highest BCUT2D eigenvalue weighted by atomic mass is 79.9. The van der Waals surface area contributed by atoms with E-state index in [4.69, 9.17) is 0 Å². The van der Waals surface area contributed by atoms with Crippen molar-refractivity contribution in [2.45, 2.75) is 57.6 Å². The maximum Gasteiger partial charge on any atom is 0.328 e. The molecular formula is C29H34BrFN6O2S. The molecule has 11 heteroatoms. The summed E-state index contributed by atoms with van der Waals surface area (Å²) in [7, 11) is 0. The van der Waals surface area contributed by atoms with Crippen LogP contribution < -0.4 is 15.5 Å². The Bertz CT molecular complexity index is 1340. The number of fused-ring (bicyclic) bond motifs is 1. The van der Waals surface area contributed by atoms with Crippen LogP contribution in [0, 0.1) is 5.82 Å². The lowest BCUT2D eigenvalue weighted by atomic mass is 10.1. The Kier molecular flexibility index (Phi) is 10.5. The van der Waals surface area contributed by atoms with Crippen molar-refractivity contribution >= 4 is 56.8 Å². The smallest absolute Gasteiger partial charge is 0.328 e. The maximum atomic E-state index is 13.8. The van der Waals surface area contributed by atoms with Gasteiger partial charge in [-0.05, 0) is 84.7 Å². The number of amides is 3. The first-order chi connectivity index (χ1) is 19.4. The minimum atomic E-state index is -0.429. The molecule has 1 atom stereocenters. The largest absolute Gasteiger partial charge is 0.331 e. The molecule has 0 spiro atoms. The molecule has 0 aliphatic carbocycles. The number of likely N-dealkylation sites (tertiary alicyclic amines) is 1. The number of aromatic nitrogens is 2. The highest BCUT2D eigenvalue weighted by molar-refractivity contribution is 9.10. The summed E-state index contributed by atoms with van der Waals surface area (Å²) in [6, 6.07) is 11.6. The van der Waals surface area contributed by atoms with E-state index in [-0.39, 0.29) is 28.2 Å². The number of halogens is 2. The number of nitrogens with zero attached hydrogens (tertiary/aromatic N) is 4. The van der Waals surface area contributed by atoms with Gasteiger partial charge in [0.05, 0.1) is 22.0 Å². The van der Waals surface area contributed by atoms with Crippen LogP contribution in [0.4, 0.5) is 26.4 Å². The lowest BCUT2D eigenvalue weighted by Gasteiger charge is -2.33. The lowest BCUT2D eigenvalue weighted by molar-refractivity contribution is -0.113. The highest BCUT2D eigenvalue weighted by Crippen LogP contribution is 2.39. The fourth-order valence-corrected chi connectivity index (χ4v) is 5.98. The zero-order valence-corrected chi connectivity index (χ0v) is 25.3. The van der Waals surface area contributed by atoms with E-state index in [0.717, 1.165) is 25.3 Å². The molecular weight excluding hydrogens is 595 g/mol. The van der Waals surface area contributed by atoms with Gasteiger partial charge in [0.15, 0.2) is 5.82 Å². The minimum Gasteiger partial charge on any atom is -0.331 e. The van der Waals surface area contributed by atoms with Crippen LogP contribution in [0.15, 0.2) is 58.3 Å². The zero-order valence-electron chi connectivity index (χ0n) is 22.9. The number of carbonyl (C=O) groups is 2. The van der Waals surface area contributed by atoms with Gasteiger partial charge >= 0.3 is 6.03 Å². The number of thioether (sulfide) groups is 1. The number of rotatable bonds is 7. The van der Waals surface area contributed by atoms with E-state index >= 15 is 0 Å². The van der Waals surface area contributed by atoms with Crippen molar-refractivity contribution in [1.29, 1.82) is 0 Å². The summed E-state index contributed by atoms with van der Waals surface area (Å²) in [4.78, 5) is 38.2. The van der Waals surface area contributed by atoms with Crippen molar-refractivity contribution in [3.8, 4) is 0 Å². The second kappa shape index (κ2) is 14.0. The first kappa shape index (κ1) is 30.0. The van der Waals surface area contributed by atoms with Crippen molar-refractivity contribution in [3.05, 3.63) is 70.2 Å². The summed E-state index contributed by atoms with van der Waals surface area (Å²) in [5.41, 5.74) is 3.14. The molecule has 1 saturated heterocycles. The van der Waals surface area contributed by atoms with Gasteiger partial charge in [0.1, 0.15) is 17.2 Å². The van der Waals surface area contributed by atoms with E-state index in [1.165, 1.54) is 66.0 Å². The average molecular weight is 630 g/mol. The molecule has 2 aromatic carbocycles. The fraction of sp³-hybridized carbons (Fsp3) is 0.379. The fourth-order valence-electron chi connectivity index (χ4n) is 4.72. The first-order valence-corrected chi connectivity index (χ1v) is 15.3. The van der Waals surface area contributed by atoms with Crippen LogP contribution in [-0.4, -0.2) is 45.6 Å². The van der Waals surface area contributed by atoms with Crippen LogP contribution in [0.3, 0.4) is 0 Å². The lowest BCUT2D eigenvalue weighted by Crippen LogP contribution is -2.44. The molecule has 2 N–H and O–H groups in total. The summed E-state index contributed by atoms with van der Waals surface area (Å²) < 4.78 is 14.0. The molecule has 8 nitrogen and oxygen atoms in total. The Labute approximate surface area is 247 Å². The van der Waals surface area contributed by atoms with Crippen molar-refractivity contribution < 1.29 is 14.0 Å². The van der Waals surface area contributed by atoms with Gasteiger partial charge in [-0.15, -0.1) is 0 Å². The number of piperidine rings is 1. The highest BCUT2D eigenvalue weighted by Gasteiger charge is 2.34. The standard InChI is InChI=1S/C27H28BrFN6O2S.C2H6/c1-17-24-25(35(27(37)32-17)20-9-10-22(29)21(28)13-20)30-16-31-26(24)38-15-23(36)33-19-7-5-18(6-8-19)14-34-11-3-2-4-12-34;1-2/h5-10,13,16-17H,2-4,11-12,14-15H2,1H3,(H,32,37)(H,33,36);1-2H3. The Morgan fingerprint density at radius 1 is 1.12 bits per heavy atom. The Morgan fingerprint density at radius 3 is 2.55 bits per heavy atom. The Hall–Kier alpha value is -3.02. The number of urea groups is 1. The minimum absolute atomic E-state index is 0.141. The number of benzene rings is 2. The number of anilines is 3. The van der Waals surface area contributed by atoms with Gasteiger partial charge in [-0.2, -0.15) is 0 Å². The van der Waals surface area contributed by atoms with Crippen molar-refractivity contribution in [1.82, 2.24) is 20.2 Å². The van der Waals surface area contributed by atoms with Crippen LogP contribution in [0.1, 0.15) is 57.2 Å². The topological polar surface area (TPSA) is 90.5 Å². The molecule has 3 heterocycles. The molecule has 1 fully saturated rings. The van der Waals surface area contributed by atoms with E-state index in [2.05, 4.69) is 53.6 Å². The molecule has 2 aliphatic rings. The number of nitrogens with one attached hydrogen (secondary N) is 2. The van der Waals surface area contributed by atoms with Crippen LogP contribution in [0.2, 0.25) is 0 Å². The molecule has 3 aromatic rings. The zero-order chi connectivity index (χ0) is 28.6. The molecule has 212 valence electrons. The van der Waals surface area contributed by atoms with Gasteiger partial charge in [0, 0.05) is 17.8 Å². The summed E-state index contributed by atoms with van der Waals surface area (Å²) in [5.74, 6) is -0.0388. The first-order valence-electron chi connectivity index (χ1n) is 13.5. The van der Waals surface area contributed by atoms with E-state index in [1.54, 1.807) is 0 Å². The molecule has 3 amide bonds. The van der Waals surface area contributed by atoms with Crippen LogP contribution >= 0.6 is 27.7 Å². The van der Waals surface area contributed by atoms with Crippen molar-refractivity contribution in [2.24, 2.45) is 0 Å². The third-order valence-electron chi connectivity index (χ3n) is 6.61. The van der Waals surface area contributed by atoms with E-state index in [1.807, 2.05) is 32.9 Å². The molecule has 0 bridgehead atoms. The van der Waals surface area contributed by atoms with Crippen molar-refractivity contribution in [2.75, 3.05) is 29.1 Å². The predicted octanol–water partition coefficient (Wildman–Crippen LogP) is 7.04. The van der Waals surface area contributed by atoms with Gasteiger partial charge in [-0.25, -0.2) is 24.1 Å². The van der Waals surface area contributed by atoms with Gasteiger partial charge < -0.3 is 10.6 Å². The van der Waals surface area contributed by atoms with Crippen LogP contribution in [0.25, 0.3) is 0 Å². The van der Waals surface area contributed by atoms with E-state index < -0.39 is 5.82 Å². The van der Waals surface area contributed by atoms with E-state index in [9.17, 15) is 14.0 Å². The van der Waals surface area contributed by atoms with Crippen LogP contribution in [-0.2, 0) is 11.3 Å². The molecule has 40 heavy (non-hydrogen) atoms. The van der Waals surface area contributed by atoms with Crippen molar-refractivity contribution in [3.63, 3.8) is 0 Å². The maximum absolute atomic E-state index is 13.8. The summed E-state index contributed by atoms with van der Waals surface area (Å²) in [5, 5.41) is 6.45. The SMILES string of the molecule is CC.CC1NC(=O)N(c2ccc(F)c(Br)c2)c2ncnc(SCC(=O)Nc3ccc(CN4CCCCC4)cc3)c21. The van der Waals surface area contributed by atoms with Gasteiger partial charge in [-0.1, -0.05) is 44.2 Å². The average Bonchev–Trinajstić information content (AvgIpc) is 2.96. The monoisotopic (exact) mass is 628 g/mol. The normalized spacial score (nSPS) is 16.9. The van der Waals surface area contributed by atoms with E-state index in [0.29, 0.717) is 22.1 Å². The molecule has 1 aromatic heterocycles. The third kappa shape index (κ3) is 7.18. The molecule has 1 unspecified atom stereocenters. The molecule has 2 aliphatic heterocycles. The van der Waals surface area contributed by atoms with Crippen LogP contribution in [0.5, 0.6) is 0 Å². The Morgan fingerprint density at radius 2 is 1.85 bits per heavy atom. The van der Waals surface area contributed by atoms with Gasteiger partial charge in [0.25, 0.3) is 0 Å². The number of hydrogen-bond donors (Lipinski definition) is 2. The second-order valence-corrected chi connectivity index (χ2v) is 11.2. The quantitative estimate of drug-likeness (QED) is 0.215. The number of hydrogen-bond acceptors (Lipinski definition) is 6. The predicted molar refractivity (Wildman–Crippen MR) is 161 cm³/mol. The summed E-state index contributed by atoms with van der Waals surface area (Å²) in [6.07, 6.45) is 5.20. The summed E-state index contributed by atoms with van der Waals surface area (Å²) in [6.45, 7) is 9.06. The summed E-state index contributed by atoms with van der Waals surface area (Å²) >= 11 is 4.46. The molecule has 0 saturated carbocycles. The second-order valence-electron chi connectivity index (χ2n) is 9.39. The molecule has 0 radical (unpaired) electrons. The third-order valence-corrected chi connectivity index (χ3v) is 8.22. The van der Waals surface area contributed by atoms with Gasteiger partial charge in [0.2, 0.25) is 5.91 Å². The van der Waals surface area contributed by atoms with Gasteiger partial charge in [-0.3, -0.25) is 9.69 Å². The number of carbonyl (C=O) groups excluding carboxylic acids is 2. The Balaban J connectivity index is 0.00000181.